The minimum Gasteiger partial charge on any atom is -0.485 e. The van der Waals surface area contributed by atoms with Gasteiger partial charge < -0.3 is 24.8 Å². The van der Waals surface area contributed by atoms with Crippen LogP contribution in [-0.4, -0.2) is 24.9 Å². The van der Waals surface area contributed by atoms with Crippen LogP contribution in [0.4, 0.5) is 0 Å². The lowest BCUT2D eigenvalue weighted by molar-refractivity contribution is -0.121. The Bertz CT molecular complexity index is 1380. The molecule has 0 aliphatic heterocycles. The first-order chi connectivity index (χ1) is 20.1. The van der Waals surface area contributed by atoms with E-state index in [2.05, 4.69) is 10.6 Å². The van der Waals surface area contributed by atoms with Gasteiger partial charge in [-0.2, -0.15) is 0 Å². The first-order valence-corrected chi connectivity index (χ1v) is 13.8. The van der Waals surface area contributed by atoms with Crippen molar-refractivity contribution in [3.05, 3.63) is 125 Å². The largest absolute Gasteiger partial charge is 0.485 e. The van der Waals surface area contributed by atoms with Gasteiger partial charge in [0.1, 0.15) is 19.8 Å². The lowest BCUT2D eigenvalue weighted by Crippen LogP contribution is -2.30. The molecule has 2 amide bonds. The molecule has 0 saturated carbocycles. The summed E-state index contributed by atoms with van der Waals surface area (Å²) in [7, 11) is 0. The van der Waals surface area contributed by atoms with E-state index < -0.39 is 0 Å². The van der Waals surface area contributed by atoms with Crippen LogP contribution in [0.2, 0.25) is 0 Å². The third kappa shape index (κ3) is 9.72. The average Bonchev–Trinajstić information content (AvgIpc) is 3.00. The number of carbonyl (C=O) groups excluding carboxylic acids is 2. The molecule has 7 heteroatoms. The zero-order chi connectivity index (χ0) is 28.7. The number of carbonyl (C=O) groups is 2. The highest BCUT2D eigenvalue weighted by molar-refractivity contribution is 5.77. The molecular weight excluding hydrogens is 516 g/mol. The fourth-order valence-electron chi connectivity index (χ4n) is 4.16. The second-order valence-corrected chi connectivity index (χ2v) is 9.54. The van der Waals surface area contributed by atoms with E-state index in [4.69, 9.17) is 14.2 Å². The van der Waals surface area contributed by atoms with Gasteiger partial charge in [-0.15, -0.1) is 0 Å². The third-order valence-electron chi connectivity index (χ3n) is 6.29. The van der Waals surface area contributed by atoms with E-state index in [-0.39, 0.29) is 18.2 Å². The molecule has 0 radical (unpaired) electrons. The molecule has 0 aromatic heterocycles. The number of benzene rings is 4. The van der Waals surface area contributed by atoms with E-state index >= 15 is 0 Å². The molecule has 0 spiro atoms. The Morgan fingerprint density at radius 2 is 1.10 bits per heavy atom. The van der Waals surface area contributed by atoms with Crippen molar-refractivity contribution in [2.24, 2.45) is 0 Å². The highest BCUT2D eigenvalue weighted by atomic mass is 16.5. The monoisotopic (exact) mass is 552 g/mol. The highest BCUT2D eigenvalue weighted by Gasteiger charge is 2.19. The maximum absolute atomic E-state index is 12.3. The molecule has 0 heterocycles. The summed E-state index contributed by atoms with van der Waals surface area (Å²) in [6, 6.07) is 33.7. The predicted molar refractivity (Wildman–Crippen MR) is 159 cm³/mol. The lowest BCUT2D eigenvalue weighted by Gasteiger charge is -2.20. The van der Waals surface area contributed by atoms with Gasteiger partial charge in [0.05, 0.1) is 0 Å². The molecule has 0 bridgehead atoms. The van der Waals surface area contributed by atoms with Crippen LogP contribution in [0.5, 0.6) is 17.2 Å². The molecule has 0 saturated heterocycles. The number of ether oxygens (including phenoxy) is 3. The first kappa shape index (κ1) is 29.2. The van der Waals surface area contributed by atoms with Crippen molar-refractivity contribution in [3.63, 3.8) is 0 Å². The Labute approximate surface area is 241 Å². The van der Waals surface area contributed by atoms with E-state index in [1.165, 1.54) is 6.92 Å². The van der Waals surface area contributed by atoms with Crippen molar-refractivity contribution in [1.29, 1.82) is 0 Å². The van der Waals surface area contributed by atoms with Crippen LogP contribution in [-0.2, 0) is 35.8 Å². The topological polar surface area (TPSA) is 85.9 Å². The fourth-order valence-corrected chi connectivity index (χ4v) is 4.16. The average molecular weight is 553 g/mol. The van der Waals surface area contributed by atoms with Crippen LogP contribution in [0.3, 0.4) is 0 Å². The van der Waals surface area contributed by atoms with Crippen molar-refractivity contribution >= 4 is 11.8 Å². The number of amides is 2. The van der Waals surface area contributed by atoms with Gasteiger partial charge in [-0.05, 0) is 29.2 Å². The van der Waals surface area contributed by atoms with Crippen molar-refractivity contribution in [2.75, 3.05) is 13.1 Å². The molecule has 0 fully saturated rings. The summed E-state index contributed by atoms with van der Waals surface area (Å²) < 4.78 is 19.1. The number of rotatable bonds is 15. The second kappa shape index (κ2) is 15.7. The minimum atomic E-state index is -0.157. The van der Waals surface area contributed by atoms with Crippen molar-refractivity contribution in [3.8, 4) is 17.2 Å². The molecular formula is C34H36N2O5. The number of hydrogen-bond donors (Lipinski definition) is 2. The zero-order valence-electron chi connectivity index (χ0n) is 23.3. The summed E-state index contributed by atoms with van der Waals surface area (Å²) in [6.07, 6.45) is 0.741. The van der Waals surface area contributed by atoms with Gasteiger partial charge in [0, 0.05) is 32.0 Å². The van der Waals surface area contributed by atoms with Crippen molar-refractivity contribution in [2.45, 2.75) is 39.6 Å². The Morgan fingerprint density at radius 3 is 1.63 bits per heavy atom. The van der Waals surface area contributed by atoms with Gasteiger partial charge in [-0.25, -0.2) is 0 Å². The summed E-state index contributed by atoms with van der Waals surface area (Å²) in [5, 5.41) is 5.57. The minimum absolute atomic E-state index is 0.131. The summed E-state index contributed by atoms with van der Waals surface area (Å²) in [5.41, 5.74) is 3.97. The molecule has 41 heavy (non-hydrogen) atoms. The SMILES string of the molecule is CC(=O)NCCC(=O)NCCc1ccc(OCc2ccccc2)c(OCc2ccccc2)c1OCc1ccccc1. The van der Waals surface area contributed by atoms with E-state index in [1.807, 2.05) is 103 Å². The molecule has 4 aromatic carbocycles. The van der Waals surface area contributed by atoms with E-state index in [1.54, 1.807) is 0 Å². The third-order valence-corrected chi connectivity index (χ3v) is 6.29. The van der Waals surface area contributed by atoms with Gasteiger partial charge in [0.2, 0.25) is 17.6 Å². The van der Waals surface area contributed by atoms with Crippen LogP contribution in [0.15, 0.2) is 103 Å². The summed E-state index contributed by atoms with van der Waals surface area (Å²) in [4.78, 5) is 23.3. The summed E-state index contributed by atoms with van der Waals surface area (Å²) in [5.74, 6) is 1.40. The van der Waals surface area contributed by atoms with Crippen molar-refractivity contribution in [1.82, 2.24) is 10.6 Å². The van der Waals surface area contributed by atoms with Crippen LogP contribution in [0, 0.1) is 0 Å². The van der Waals surface area contributed by atoms with Crippen LogP contribution in [0.1, 0.15) is 35.6 Å². The Hall–Kier alpha value is -4.78. The maximum Gasteiger partial charge on any atom is 0.221 e. The quantitative estimate of drug-likeness (QED) is 0.200. The number of nitrogens with one attached hydrogen (secondary N) is 2. The fraction of sp³-hybridized carbons (Fsp3) is 0.235. The zero-order valence-corrected chi connectivity index (χ0v) is 23.3. The van der Waals surface area contributed by atoms with E-state index in [9.17, 15) is 9.59 Å². The van der Waals surface area contributed by atoms with Crippen LogP contribution < -0.4 is 24.8 Å². The molecule has 2 N–H and O–H groups in total. The van der Waals surface area contributed by atoms with Gasteiger partial charge in [0.25, 0.3) is 0 Å². The highest BCUT2D eigenvalue weighted by Crippen LogP contribution is 2.42. The van der Waals surface area contributed by atoms with Crippen LogP contribution >= 0.6 is 0 Å². The molecule has 212 valence electrons. The van der Waals surface area contributed by atoms with Gasteiger partial charge >= 0.3 is 0 Å². The van der Waals surface area contributed by atoms with E-state index in [0.29, 0.717) is 56.6 Å². The predicted octanol–water partition coefficient (Wildman–Crippen LogP) is 5.61. The maximum atomic E-state index is 12.3. The second-order valence-electron chi connectivity index (χ2n) is 9.54. The normalized spacial score (nSPS) is 10.5. The molecule has 4 aromatic rings. The van der Waals surface area contributed by atoms with Gasteiger partial charge in [-0.1, -0.05) is 97.1 Å². The van der Waals surface area contributed by atoms with Gasteiger partial charge in [-0.3, -0.25) is 9.59 Å². The van der Waals surface area contributed by atoms with Crippen molar-refractivity contribution < 1.29 is 23.8 Å². The molecule has 0 unspecified atom stereocenters. The Morgan fingerprint density at radius 1 is 0.585 bits per heavy atom. The molecule has 7 nitrogen and oxygen atoms in total. The lowest BCUT2D eigenvalue weighted by atomic mass is 10.1. The molecule has 4 rings (SSSR count). The molecule has 0 aliphatic rings. The van der Waals surface area contributed by atoms with Gasteiger partial charge in [0.15, 0.2) is 11.5 Å². The molecule has 0 atom stereocenters. The van der Waals surface area contributed by atoms with E-state index in [0.717, 1.165) is 22.3 Å². The standard InChI is InChI=1S/C34H36N2O5/c1-26(37)35-22-20-32(38)36-21-19-30-17-18-31(39-23-27-11-5-2-6-12-27)34(41-25-29-15-9-4-10-16-29)33(30)40-24-28-13-7-3-8-14-28/h2-18H,19-25H2,1H3,(H,35,37)(H,36,38). The smallest absolute Gasteiger partial charge is 0.221 e. The first-order valence-electron chi connectivity index (χ1n) is 13.8. The van der Waals surface area contributed by atoms with Crippen LogP contribution in [0.25, 0.3) is 0 Å². The number of hydrogen-bond acceptors (Lipinski definition) is 5. The Kier molecular flexibility index (Phi) is 11.2. The summed E-state index contributed by atoms with van der Waals surface area (Å²) >= 11 is 0. The summed E-state index contributed by atoms with van der Waals surface area (Å²) in [6.45, 7) is 3.21. The molecule has 0 aliphatic carbocycles. The Balaban J connectivity index is 1.57.